The monoisotopic (exact) mass is 462 g/mol. The molecule has 3 aromatic rings. The molecule has 0 spiro atoms. The first-order valence-electron chi connectivity index (χ1n) is 11.0. The zero-order valence-electron chi connectivity index (χ0n) is 19.7. The van der Waals surface area contributed by atoms with Gasteiger partial charge in [-0.25, -0.2) is 9.97 Å². The molecule has 0 fully saturated rings. The number of para-hydroxylation sites is 1. The Bertz CT molecular complexity index is 1100. The maximum absolute atomic E-state index is 13.2. The highest BCUT2D eigenvalue weighted by molar-refractivity contribution is 6.08. The van der Waals surface area contributed by atoms with Crippen molar-refractivity contribution in [2.75, 3.05) is 58.1 Å². The molecule has 0 bridgehead atoms. The van der Waals surface area contributed by atoms with E-state index in [1.165, 1.54) is 0 Å². The van der Waals surface area contributed by atoms with Crippen LogP contribution in [0.2, 0.25) is 0 Å². The average molecular weight is 463 g/mol. The number of carbonyl (C=O) groups is 2. The van der Waals surface area contributed by atoms with Gasteiger partial charge in [0.05, 0.1) is 17.9 Å². The van der Waals surface area contributed by atoms with Gasteiger partial charge in [-0.05, 0) is 26.2 Å². The molecule has 0 aliphatic rings. The van der Waals surface area contributed by atoms with Crippen LogP contribution >= 0.6 is 0 Å². The zero-order valence-corrected chi connectivity index (χ0v) is 19.7. The maximum atomic E-state index is 13.2. The molecule has 3 rings (SSSR count). The average Bonchev–Trinajstić information content (AvgIpc) is 2.84. The number of carbonyl (C=O) groups excluding carboxylic acids is 2. The molecule has 0 unspecified atom stereocenters. The minimum Gasteiger partial charge on any atom is -0.383 e. The van der Waals surface area contributed by atoms with Crippen molar-refractivity contribution in [2.45, 2.75) is 0 Å². The van der Waals surface area contributed by atoms with Crippen LogP contribution in [-0.4, -0.2) is 74.1 Å². The SMILES string of the molecule is COCCNC(=O)c1ccccc1NC(=O)c1cc(NCCN(C)C)nc(-c2ccccc2)n1. The van der Waals surface area contributed by atoms with E-state index in [2.05, 4.69) is 30.8 Å². The van der Waals surface area contributed by atoms with Gasteiger partial charge in [-0.2, -0.15) is 0 Å². The van der Waals surface area contributed by atoms with Crippen molar-refractivity contribution in [2.24, 2.45) is 0 Å². The van der Waals surface area contributed by atoms with E-state index in [9.17, 15) is 9.59 Å². The Hall–Kier alpha value is -3.82. The predicted molar refractivity (Wildman–Crippen MR) is 133 cm³/mol. The standard InChI is InChI=1S/C25H30N6O3/c1-31(2)15-13-26-22-17-21(28-23(30-22)18-9-5-4-6-10-18)25(33)29-20-12-8-7-11-19(20)24(32)27-14-16-34-3/h4-12,17H,13-16H2,1-3H3,(H,27,32)(H,29,33)(H,26,28,30). The van der Waals surface area contributed by atoms with E-state index in [4.69, 9.17) is 4.74 Å². The van der Waals surface area contributed by atoms with Crippen LogP contribution in [0.5, 0.6) is 0 Å². The number of benzene rings is 2. The van der Waals surface area contributed by atoms with Crippen LogP contribution in [0.1, 0.15) is 20.8 Å². The van der Waals surface area contributed by atoms with E-state index < -0.39 is 5.91 Å². The molecule has 0 radical (unpaired) electrons. The Kier molecular flexibility index (Phi) is 9.07. The summed E-state index contributed by atoms with van der Waals surface area (Å²) in [6.45, 7) is 2.22. The van der Waals surface area contributed by atoms with Gasteiger partial charge < -0.3 is 25.6 Å². The second-order valence-corrected chi connectivity index (χ2v) is 7.81. The number of likely N-dealkylation sites (N-methyl/N-ethyl adjacent to an activating group) is 1. The van der Waals surface area contributed by atoms with Gasteiger partial charge >= 0.3 is 0 Å². The third-order valence-corrected chi connectivity index (χ3v) is 4.87. The number of aromatic nitrogens is 2. The van der Waals surface area contributed by atoms with Crippen LogP contribution in [0.15, 0.2) is 60.7 Å². The third kappa shape index (κ3) is 7.09. The Morgan fingerprint density at radius 2 is 1.68 bits per heavy atom. The van der Waals surface area contributed by atoms with Gasteiger partial charge in [0.1, 0.15) is 11.5 Å². The molecule has 2 amide bonds. The molecule has 34 heavy (non-hydrogen) atoms. The van der Waals surface area contributed by atoms with Gasteiger partial charge in [0.25, 0.3) is 11.8 Å². The number of hydrogen-bond acceptors (Lipinski definition) is 7. The lowest BCUT2D eigenvalue weighted by Crippen LogP contribution is -2.28. The first-order valence-corrected chi connectivity index (χ1v) is 11.0. The third-order valence-electron chi connectivity index (χ3n) is 4.87. The number of hydrogen-bond donors (Lipinski definition) is 3. The Balaban J connectivity index is 1.86. The van der Waals surface area contributed by atoms with Crippen LogP contribution < -0.4 is 16.0 Å². The summed E-state index contributed by atoms with van der Waals surface area (Å²) in [6, 6.07) is 17.9. The minimum absolute atomic E-state index is 0.191. The number of anilines is 2. The molecule has 178 valence electrons. The van der Waals surface area contributed by atoms with Crippen LogP contribution in [0, 0.1) is 0 Å². The van der Waals surface area contributed by atoms with Crippen LogP contribution in [0.3, 0.4) is 0 Å². The number of rotatable bonds is 11. The molecule has 0 aliphatic carbocycles. The van der Waals surface area contributed by atoms with Gasteiger partial charge in [0.15, 0.2) is 5.82 Å². The van der Waals surface area contributed by atoms with Crippen molar-refractivity contribution < 1.29 is 14.3 Å². The second-order valence-electron chi connectivity index (χ2n) is 7.81. The smallest absolute Gasteiger partial charge is 0.274 e. The Morgan fingerprint density at radius 1 is 0.941 bits per heavy atom. The summed E-state index contributed by atoms with van der Waals surface area (Å²) < 4.78 is 4.97. The quantitative estimate of drug-likeness (QED) is 0.376. The fraction of sp³-hybridized carbons (Fsp3) is 0.280. The molecule has 0 saturated carbocycles. The summed E-state index contributed by atoms with van der Waals surface area (Å²) in [4.78, 5) is 36.9. The Morgan fingerprint density at radius 3 is 2.41 bits per heavy atom. The van der Waals surface area contributed by atoms with Crippen molar-refractivity contribution in [3.8, 4) is 11.4 Å². The van der Waals surface area contributed by atoms with Gasteiger partial charge in [-0.15, -0.1) is 0 Å². The van der Waals surface area contributed by atoms with E-state index in [1.807, 2.05) is 44.4 Å². The van der Waals surface area contributed by atoms with E-state index in [1.54, 1.807) is 37.4 Å². The van der Waals surface area contributed by atoms with Crippen molar-refractivity contribution in [1.29, 1.82) is 0 Å². The largest absolute Gasteiger partial charge is 0.383 e. The van der Waals surface area contributed by atoms with Crippen molar-refractivity contribution in [3.05, 3.63) is 71.9 Å². The zero-order chi connectivity index (χ0) is 24.3. The molecule has 0 atom stereocenters. The predicted octanol–water partition coefficient (Wildman–Crippen LogP) is 2.75. The summed E-state index contributed by atoms with van der Waals surface area (Å²) in [6.07, 6.45) is 0. The number of methoxy groups -OCH3 is 1. The molecule has 0 aliphatic heterocycles. The summed E-state index contributed by atoms with van der Waals surface area (Å²) in [5, 5.41) is 8.85. The molecule has 9 heteroatoms. The molecule has 9 nitrogen and oxygen atoms in total. The minimum atomic E-state index is -0.438. The van der Waals surface area contributed by atoms with Crippen molar-refractivity contribution in [3.63, 3.8) is 0 Å². The molecular formula is C25H30N6O3. The van der Waals surface area contributed by atoms with Crippen LogP contribution in [0.25, 0.3) is 11.4 Å². The highest BCUT2D eigenvalue weighted by Gasteiger charge is 2.17. The first-order chi connectivity index (χ1) is 16.5. The number of amides is 2. The summed E-state index contributed by atoms with van der Waals surface area (Å²) in [5.41, 5.74) is 1.74. The van der Waals surface area contributed by atoms with Crippen molar-refractivity contribution >= 4 is 23.3 Å². The topological polar surface area (TPSA) is 108 Å². The molecule has 2 aromatic carbocycles. The Labute approximate surface area is 199 Å². The first kappa shape index (κ1) is 24.8. The molecular weight excluding hydrogens is 432 g/mol. The van der Waals surface area contributed by atoms with Gasteiger partial charge in [-0.1, -0.05) is 42.5 Å². The summed E-state index contributed by atoms with van der Waals surface area (Å²) in [5.74, 6) is 0.247. The molecule has 1 heterocycles. The lowest BCUT2D eigenvalue weighted by atomic mass is 10.1. The van der Waals surface area contributed by atoms with Gasteiger partial charge in [0, 0.05) is 38.4 Å². The fourth-order valence-corrected chi connectivity index (χ4v) is 3.12. The molecule has 3 N–H and O–H groups in total. The van der Waals surface area contributed by atoms with Gasteiger partial charge in [-0.3, -0.25) is 9.59 Å². The normalized spacial score (nSPS) is 10.7. The summed E-state index contributed by atoms with van der Waals surface area (Å²) >= 11 is 0. The van der Waals surface area contributed by atoms with Crippen LogP contribution in [-0.2, 0) is 4.74 Å². The van der Waals surface area contributed by atoms with E-state index in [0.29, 0.717) is 42.6 Å². The lowest BCUT2D eigenvalue weighted by molar-refractivity contribution is 0.0938. The number of ether oxygens (including phenoxy) is 1. The van der Waals surface area contributed by atoms with Crippen LogP contribution in [0.4, 0.5) is 11.5 Å². The van der Waals surface area contributed by atoms with Crippen molar-refractivity contribution in [1.82, 2.24) is 20.2 Å². The van der Waals surface area contributed by atoms with E-state index in [-0.39, 0.29) is 11.6 Å². The number of nitrogens with one attached hydrogen (secondary N) is 3. The lowest BCUT2D eigenvalue weighted by Gasteiger charge is -2.14. The maximum Gasteiger partial charge on any atom is 0.274 e. The molecule has 1 aromatic heterocycles. The summed E-state index contributed by atoms with van der Waals surface area (Å²) in [7, 11) is 5.53. The highest BCUT2D eigenvalue weighted by Crippen LogP contribution is 2.20. The number of nitrogens with zero attached hydrogens (tertiary/aromatic N) is 3. The van der Waals surface area contributed by atoms with Gasteiger partial charge in [0.2, 0.25) is 0 Å². The molecule has 0 saturated heterocycles. The van der Waals surface area contributed by atoms with E-state index in [0.717, 1.165) is 12.1 Å². The second kappa shape index (κ2) is 12.4. The van der Waals surface area contributed by atoms with E-state index >= 15 is 0 Å². The fourth-order valence-electron chi connectivity index (χ4n) is 3.12. The highest BCUT2D eigenvalue weighted by atomic mass is 16.5.